The summed E-state index contributed by atoms with van der Waals surface area (Å²) >= 11 is 0. The highest BCUT2D eigenvalue weighted by molar-refractivity contribution is 5.33. The largest absolute Gasteiger partial charge is 0.296 e. The molecular formula is C20H29N. The highest BCUT2D eigenvalue weighted by Crippen LogP contribution is 2.40. The molecule has 1 saturated heterocycles. The number of allylic oxidation sites excluding steroid dienone is 6. The molecule has 0 aliphatic carbocycles. The Morgan fingerprint density at radius 2 is 1.86 bits per heavy atom. The molecular weight excluding hydrogens is 254 g/mol. The zero-order valence-corrected chi connectivity index (χ0v) is 13.8. The first-order chi connectivity index (χ1) is 10.1. The molecule has 0 aromatic heterocycles. The van der Waals surface area contributed by atoms with E-state index in [1.807, 2.05) is 12.2 Å². The molecule has 114 valence electrons. The molecule has 1 nitrogen and oxygen atoms in total. The molecule has 2 aliphatic heterocycles. The van der Waals surface area contributed by atoms with Crippen LogP contribution >= 0.6 is 0 Å². The fourth-order valence-electron chi connectivity index (χ4n) is 4.19. The van der Waals surface area contributed by atoms with Gasteiger partial charge in [0.2, 0.25) is 0 Å². The van der Waals surface area contributed by atoms with Crippen LogP contribution in [-0.2, 0) is 0 Å². The Morgan fingerprint density at radius 3 is 2.52 bits per heavy atom. The maximum absolute atomic E-state index is 3.81. The van der Waals surface area contributed by atoms with Crippen molar-refractivity contribution in [1.82, 2.24) is 4.90 Å². The first-order valence-electron chi connectivity index (χ1n) is 8.12. The van der Waals surface area contributed by atoms with Gasteiger partial charge in [-0.2, -0.15) is 0 Å². The predicted molar refractivity (Wildman–Crippen MR) is 93.2 cm³/mol. The van der Waals surface area contributed by atoms with Crippen molar-refractivity contribution in [1.29, 1.82) is 0 Å². The molecule has 0 N–H and O–H groups in total. The van der Waals surface area contributed by atoms with Crippen molar-refractivity contribution in [2.45, 2.75) is 33.2 Å². The molecule has 0 radical (unpaired) electrons. The smallest absolute Gasteiger partial charge is 0.0342 e. The van der Waals surface area contributed by atoms with E-state index in [0.717, 1.165) is 0 Å². The molecule has 0 aromatic carbocycles. The van der Waals surface area contributed by atoms with E-state index in [0.29, 0.717) is 23.8 Å². The molecule has 0 spiro atoms. The van der Waals surface area contributed by atoms with Gasteiger partial charge in [0.15, 0.2) is 0 Å². The molecule has 2 rings (SSSR count). The van der Waals surface area contributed by atoms with E-state index >= 15 is 0 Å². The topological polar surface area (TPSA) is 3.24 Å². The van der Waals surface area contributed by atoms with Gasteiger partial charge in [0.1, 0.15) is 0 Å². The van der Waals surface area contributed by atoms with Crippen LogP contribution < -0.4 is 0 Å². The van der Waals surface area contributed by atoms with Crippen molar-refractivity contribution in [2.24, 2.45) is 17.8 Å². The number of rotatable bonds is 4. The molecule has 1 heteroatoms. The quantitative estimate of drug-likeness (QED) is 0.672. The minimum Gasteiger partial charge on any atom is -0.296 e. The Kier molecular flexibility index (Phi) is 5.41. The zero-order chi connectivity index (χ0) is 15.4. The molecule has 0 amide bonds. The minimum atomic E-state index is 0.582. The van der Waals surface area contributed by atoms with Crippen molar-refractivity contribution >= 4 is 0 Å². The van der Waals surface area contributed by atoms with Crippen molar-refractivity contribution < 1.29 is 0 Å². The summed E-state index contributed by atoms with van der Waals surface area (Å²) in [6.45, 7) is 17.1. The lowest BCUT2D eigenvalue weighted by Gasteiger charge is -2.50. The average Bonchev–Trinajstić information content (AvgIpc) is 2.46. The molecule has 0 bridgehead atoms. The van der Waals surface area contributed by atoms with Gasteiger partial charge in [-0.3, -0.25) is 4.90 Å². The molecule has 0 aromatic rings. The van der Waals surface area contributed by atoms with Crippen LogP contribution in [0.15, 0.2) is 60.8 Å². The number of fused-ring (bicyclic) bond motifs is 1. The third kappa shape index (κ3) is 3.29. The molecule has 2 aliphatic rings. The van der Waals surface area contributed by atoms with Gasteiger partial charge in [-0.05, 0) is 36.7 Å². The van der Waals surface area contributed by atoms with Gasteiger partial charge < -0.3 is 0 Å². The van der Waals surface area contributed by atoms with E-state index in [1.54, 1.807) is 5.57 Å². The molecule has 4 atom stereocenters. The van der Waals surface area contributed by atoms with E-state index in [4.69, 9.17) is 0 Å². The standard InChI is InChI=1S/C20H29N/c1-6-8-10-18-12-13-21-14-15(3)19(11-9-7-2)17(5)20(21)16(18)4/h6-11,15,17,19-20H,1-2,12-14H2,3-5H3/b10-8-,11-9-. The third-order valence-corrected chi connectivity index (χ3v) is 5.20. The lowest BCUT2D eigenvalue weighted by molar-refractivity contribution is 0.0504. The van der Waals surface area contributed by atoms with E-state index in [-0.39, 0.29) is 0 Å². The molecule has 1 fully saturated rings. The second-order valence-corrected chi connectivity index (χ2v) is 6.53. The van der Waals surface area contributed by atoms with Crippen molar-refractivity contribution in [3.63, 3.8) is 0 Å². The average molecular weight is 283 g/mol. The molecule has 2 heterocycles. The Labute approximate surface area is 130 Å². The first-order valence-corrected chi connectivity index (χ1v) is 8.12. The summed E-state index contributed by atoms with van der Waals surface area (Å²) in [4.78, 5) is 2.69. The van der Waals surface area contributed by atoms with Crippen molar-refractivity contribution in [2.75, 3.05) is 13.1 Å². The van der Waals surface area contributed by atoms with E-state index in [2.05, 4.69) is 63.1 Å². The maximum Gasteiger partial charge on any atom is 0.0342 e. The van der Waals surface area contributed by atoms with Crippen molar-refractivity contribution in [3.8, 4) is 0 Å². The van der Waals surface area contributed by atoms with Gasteiger partial charge in [0.05, 0.1) is 0 Å². The number of hydrogen-bond acceptors (Lipinski definition) is 1. The van der Waals surface area contributed by atoms with Crippen LogP contribution in [0.3, 0.4) is 0 Å². The Bertz CT molecular complexity index is 480. The van der Waals surface area contributed by atoms with Crippen LogP contribution in [0.4, 0.5) is 0 Å². The van der Waals surface area contributed by atoms with Crippen LogP contribution in [-0.4, -0.2) is 24.0 Å². The summed E-state index contributed by atoms with van der Waals surface area (Å²) in [5.41, 5.74) is 3.06. The molecule has 21 heavy (non-hydrogen) atoms. The zero-order valence-electron chi connectivity index (χ0n) is 13.8. The normalized spacial score (nSPS) is 34.4. The third-order valence-electron chi connectivity index (χ3n) is 5.20. The number of nitrogens with zero attached hydrogens (tertiary/aromatic N) is 1. The number of piperidine rings is 1. The highest BCUT2D eigenvalue weighted by Gasteiger charge is 2.40. The van der Waals surface area contributed by atoms with Crippen LogP contribution in [0.25, 0.3) is 0 Å². The summed E-state index contributed by atoms with van der Waals surface area (Å²) in [6.07, 6.45) is 13.7. The van der Waals surface area contributed by atoms with Crippen LogP contribution in [0, 0.1) is 17.8 Å². The highest BCUT2D eigenvalue weighted by atomic mass is 15.2. The van der Waals surface area contributed by atoms with Gasteiger partial charge in [-0.1, -0.05) is 69.0 Å². The monoisotopic (exact) mass is 283 g/mol. The van der Waals surface area contributed by atoms with E-state index in [9.17, 15) is 0 Å². The van der Waals surface area contributed by atoms with Gasteiger partial charge in [-0.25, -0.2) is 0 Å². The van der Waals surface area contributed by atoms with Gasteiger partial charge in [-0.15, -0.1) is 0 Å². The minimum absolute atomic E-state index is 0.582. The Morgan fingerprint density at radius 1 is 1.14 bits per heavy atom. The SMILES string of the molecule is C=C/C=C\C1=C(C)C2C(C)C(/C=C\C=C)C(C)CN2CC1. The van der Waals surface area contributed by atoms with Gasteiger partial charge in [0, 0.05) is 19.1 Å². The summed E-state index contributed by atoms with van der Waals surface area (Å²) in [7, 11) is 0. The van der Waals surface area contributed by atoms with Gasteiger partial charge >= 0.3 is 0 Å². The molecule has 0 saturated carbocycles. The van der Waals surface area contributed by atoms with Crippen LogP contribution in [0.2, 0.25) is 0 Å². The fourth-order valence-corrected chi connectivity index (χ4v) is 4.19. The van der Waals surface area contributed by atoms with Crippen LogP contribution in [0.5, 0.6) is 0 Å². The van der Waals surface area contributed by atoms with E-state index in [1.165, 1.54) is 25.1 Å². The maximum atomic E-state index is 3.81. The Balaban J connectivity index is 2.29. The lowest BCUT2D eigenvalue weighted by atomic mass is 9.71. The summed E-state index contributed by atoms with van der Waals surface area (Å²) in [5, 5.41) is 0. The second kappa shape index (κ2) is 7.09. The van der Waals surface area contributed by atoms with Gasteiger partial charge in [0.25, 0.3) is 0 Å². The van der Waals surface area contributed by atoms with Crippen molar-refractivity contribution in [3.05, 3.63) is 60.8 Å². The Hall–Kier alpha value is -1.34. The first kappa shape index (κ1) is 16.0. The lowest BCUT2D eigenvalue weighted by Crippen LogP contribution is -2.54. The second-order valence-electron chi connectivity index (χ2n) is 6.53. The fraction of sp³-hybridized carbons (Fsp3) is 0.500. The summed E-state index contributed by atoms with van der Waals surface area (Å²) < 4.78 is 0. The van der Waals surface area contributed by atoms with Crippen LogP contribution in [0.1, 0.15) is 27.2 Å². The summed E-state index contributed by atoms with van der Waals surface area (Å²) in [5.74, 6) is 2.00. The molecule has 4 unspecified atom stereocenters. The number of hydrogen-bond donors (Lipinski definition) is 0. The van der Waals surface area contributed by atoms with E-state index < -0.39 is 0 Å². The summed E-state index contributed by atoms with van der Waals surface area (Å²) in [6, 6.07) is 0.582. The predicted octanol–water partition coefficient (Wildman–Crippen LogP) is 4.76.